The molecule has 2 fully saturated rings. The van der Waals surface area contributed by atoms with Gasteiger partial charge in [0.25, 0.3) is 0 Å². The summed E-state index contributed by atoms with van der Waals surface area (Å²) in [6, 6.07) is 0. The second-order valence-electron chi connectivity index (χ2n) is 4.45. The maximum atomic E-state index is 11.1. The predicted octanol–water partition coefficient (Wildman–Crippen LogP) is 1.66. The van der Waals surface area contributed by atoms with Crippen LogP contribution in [0.25, 0.3) is 0 Å². The molecule has 0 atom stereocenters. The Morgan fingerprint density at radius 2 is 1.92 bits per heavy atom. The number of aliphatic hydroxyl groups excluding tert-OH is 1. The van der Waals surface area contributed by atoms with E-state index in [-0.39, 0.29) is 6.10 Å². The number of ketones is 1. The molecule has 68 valence electrons. The van der Waals surface area contributed by atoms with Crippen LogP contribution in [0.5, 0.6) is 0 Å². The third-order valence-electron chi connectivity index (χ3n) is 3.52. The van der Waals surface area contributed by atoms with Crippen LogP contribution in [0.4, 0.5) is 0 Å². The van der Waals surface area contributed by atoms with Crippen LogP contribution in [-0.4, -0.2) is 17.0 Å². The minimum absolute atomic E-state index is 0.0914. The van der Waals surface area contributed by atoms with Gasteiger partial charge in [-0.05, 0) is 37.5 Å². The van der Waals surface area contributed by atoms with Crippen molar-refractivity contribution in [3.63, 3.8) is 0 Å². The van der Waals surface area contributed by atoms with Crippen LogP contribution in [0.15, 0.2) is 0 Å². The van der Waals surface area contributed by atoms with Crippen molar-refractivity contribution in [3.05, 3.63) is 0 Å². The van der Waals surface area contributed by atoms with Crippen molar-refractivity contribution in [3.8, 4) is 0 Å². The van der Waals surface area contributed by atoms with E-state index >= 15 is 0 Å². The minimum atomic E-state index is -0.0914. The first-order valence-electron chi connectivity index (χ1n) is 4.90. The molecule has 0 aliphatic heterocycles. The molecule has 0 saturated heterocycles. The zero-order valence-electron chi connectivity index (χ0n) is 7.38. The highest BCUT2D eigenvalue weighted by Gasteiger charge is 2.40. The minimum Gasteiger partial charge on any atom is -0.393 e. The quantitative estimate of drug-likeness (QED) is 0.597. The molecule has 2 saturated carbocycles. The second-order valence-corrected chi connectivity index (χ2v) is 4.45. The first-order valence-corrected chi connectivity index (χ1v) is 4.90. The summed E-state index contributed by atoms with van der Waals surface area (Å²) in [5, 5.41) is 9.33. The van der Waals surface area contributed by atoms with Crippen molar-refractivity contribution < 1.29 is 9.90 Å². The van der Waals surface area contributed by atoms with Gasteiger partial charge in [-0.2, -0.15) is 0 Å². The number of hydrogen-bond donors (Lipinski definition) is 1. The lowest BCUT2D eigenvalue weighted by Crippen LogP contribution is -2.27. The summed E-state index contributed by atoms with van der Waals surface area (Å²) < 4.78 is 0. The van der Waals surface area contributed by atoms with Gasteiger partial charge < -0.3 is 5.11 Å². The summed E-state index contributed by atoms with van der Waals surface area (Å²) >= 11 is 0. The Labute approximate surface area is 73.0 Å². The molecule has 0 unspecified atom stereocenters. The van der Waals surface area contributed by atoms with Crippen LogP contribution in [0, 0.1) is 5.41 Å². The summed E-state index contributed by atoms with van der Waals surface area (Å²) in [4.78, 5) is 11.1. The first-order chi connectivity index (χ1) is 5.70. The Hall–Kier alpha value is -0.370. The molecule has 1 N–H and O–H groups in total. The topological polar surface area (TPSA) is 37.3 Å². The lowest BCUT2D eigenvalue weighted by Gasteiger charge is -2.34. The van der Waals surface area contributed by atoms with Gasteiger partial charge in [0.15, 0.2) is 0 Å². The van der Waals surface area contributed by atoms with Crippen LogP contribution in [0.2, 0.25) is 0 Å². The largest absolute Gasteiger partial charge is 0.393 e. The number of Topliss-reactive ketones (excluding diaryl/α,β-unsaturated/α-hetero) is 1. The Bertz CT molecular complexity index is 190. The number of hydrogen-bond acceptors (Lipinski definition) is 2. The van der Waals surface area contributed by atoms with Crippen LogP contribution in [0.3, 0.4) is 0 Å². The zero-order chi connectivity index (χ0) is 8.60. The lowest BCUT2D eigenvalue weighted by atomic mass is 9.72. The van der Waals surface area contributed by atoms with Gasteiger partial charge in [0, 0.05) is 12.8 Å². The second kappa shape index (κ2) is 2.84. The summed E-state index contributed by atoms with van der Waals surface area (Å²) in [6.45, 7) is 0. The van der Waals surface area contributed by atoms with E-state index in [0.29, 0.717) is 11.2 Å². The average molecular weight is 168 g/mol. The fourth-order valence-electron chi connectivity index (χ4n) is 2.64. The van der Waals surface area contributed by atoms with Gasteiger partial charge in [0.1, 0.15) is 5.78 Å². The number of carbonyl (C=O) groups is 1. The molecule has 2 aliphatic rings. The van der Waals surface area contributed by atoms with Gasteiger partial charge in [-0.3, -0.25) is 4.79 Å². The van der Waals surface area contributed by atoms with E-state index in [1.807, 2.05) is 0 Å². The zero-order valence-corrected chi connectivity index (χ0v) is 7.38. The molecule has 0 radical (unpaired) electrons. The van der Waals surface area contributed by atoms with Crippen LogP contribution in [-0.2, 0) is 4.79 Å². The molecule has 0 heterocycles. The van der Waals surface area contributed by atoms with E-state index in [4.69, 9.17) is 0 Å². The van der Waals surface area contributed by atoms with Crippen molar-refractivity contribution in [2.24, 2.45) is 5.41 Å². The Morgan fingerprint density at radius 1 is 1.25 bits per heavy atom. The van der Waals surface area contributed by atoms with E-state index in [1.165, 1.54) is 0 Å². The van der Waals surface area contributed by atoms with Gasteiger partial charge in [-0.15, -0.1) is 0 Å². The van der Waals surface area contributed by atoms with Gasteiger partial charge in [0.2, 0.25) is 0 Å². The predicted molar refractivity (Wildman–Crippen MR) is 45.8 cm³/mol. The number of rotatable bonds is 0. The lowest BCUT2D eigenvalue weighted by molar-refractivity contribution is -0.118. The smallest absolute Gasteiger partial charge is 0.133 e. The van der Waals surface area contributed by atoms with Crippen molar-refractivity contribution in [1.29, 1.82) is 0 Å². The fourth-order valence-corrected chi connectivity index (χ4v) is 2.64. The van der Waals surface area contributed by atoms with Crippen molar-refractivity contribution in [2.45, 2.75) is 51.0 Å². The molecule has 1 spiro atoms. The molecule has 0 aromatic heterocycles. The number of aliphatic hydroxyl groups is 1. The standard InChI is InChI=1S/C10H16O2/c11-8-1-4-10(5-2-8)6-3-9(12)7-10/h8,11H,1-7H2. The highest BCUT2D eigenvalue weighted by atomic mass is 16.3. The molecular formula is C10H16O2. The SMILES string of the molecule is O=C1CCC2(CCC(O)CC2)C1. The highest BCUT2D eigenvalue weighted by molar-refractivity contribution is 5.81. The maximum absolute atomic E-state index is 11.1. The van der Waals surface area contributed by atoms with E-state index in [2.05, 4.69) is 0 Å². The maximum Gasteiger partial charge on any atom is 0.133 e. The van der Waals surface area contributed by atoms with Crippen LogP contribution in [0.1, 0.15) is 44.9 Å². The van der Waals surface area contributed by atoms with Crippen LogP contribution < -0.4 is 0 Å². The third-order valence-corrected chi connectivity index (χ3v) is 3.52. The van der Waals surface area contributed by atoms with E-state index in [0.717, 1.165) is 44.9 Å². The van der Waals surface area contributed by atoms with Crippen molar-refractivity contribution >= 4 is 5.78 Å². The fraction of sp³-hybridized carbons (Fsp3) is 0.900. The van der Waals surface area contributed by atoms with Gasteiger partial charge in [-0.1, -0.05) is 0 Å². The molecular weight excluding hydrogens is 152 g/mol. The average Bonchev–Trinajstić information content (AvgIpc) is 2.40. The summed E-state index contributed by atoms with van der Waals surface area (Å²) in [6.07, 6.45) is 6.53. The summed E-state index contributed by atoms with van der Waals surface area (Å²) in [5.41, 5.74) is 0.316. The van der Waals surface area contributed by atoms with Gasteiger partial charge >= 0.3 is 0 Å². The molecule has 12 heavy (non-hydrogen) atoms. The molecule has 0 aromatic carbocycles. The van der Waals surface area contributed by atoms with E-state index in [1.54, 1.807) is 0 Å². The normalized spacial score (nSPS) is 42.4. The summed E-state index contributed by atoms with van der Waals surface area (Å²) in [5.74, 6) is 0.436. The molecule has 2 aliphatic carbocycles. The summed E-state index contributed by atoms with van der Waals surface area (Å²) in [7, 11) is 0. The van der Waals surface area contributed by atoms with Gasteiger partial charge in [0.05, 0.1) is 6.10 Å². The molecule has 0 bridgehead atoms. The molecule has 2 rings (SSSR count). The highest BCUT2D eigenvalue weighted by Crippen LogP contribution is 2.47. The van der Waals surface area contributed by atoms with E-state index < -0.39 is 0 Å². The number of carbonyl (C=O) groups excluding carboxylic acids is 1. The monoisotopic (exact) mass is 168 g/mol. The Kier molecular flexibility index (Phi) is 1.95. The van der Waals surface area contributed by atoms with E-state index in [9.17, 15) is 9.90 Å². The molecule has 2 heteroatoms. The molecule has 2 nitrogen and oxygen atoms in total. The van der Waals surface area contributed by atoms with Gasteiger partial charge in [-0.25, -0.2) is 0 Å². The molecule has 0 aromatic rings. The Balaban J connectivity index is 1.99. The Morgan fingerprint density at radius 3 is 2.42 bits per heavy atom. The molecule has 0 amide bonds. The van der Waals surface area contributed by atoms with Crippen LogP contribution >= 0.6 is 0 Å². The van der Waals surface area contributed by atoms with Crippen molar-refractivity contribution in [1.82, 2.24) is 0 Å². The first kappa shape index (κ1) is 8.24. The third kappa shape index (κ3) is 1.40. The van der Waals surface area contributed by atoms with Crippen molar-refractivity contribution in [2.75, 3.05) is 0 Å².